The third kappa shape index (κ3) is 4.96. The number of ether oxygens (including phenoxy) is 1. The molecule has 0 radical (unpaired) electrons. The Hall–Kier alpha value is -0.370. The Morgan fingerprint density at radius 1 is 1.45 bits per heavy atom. The van der Waals surface area contributed by atoms with Crippen LogP contribution in [0.15, 0.2) is 0 Å². The van der Waals surface area contributed by atoms with Gasteiger partial charge in [-0.3, -0.25) is 4.79 Å². The molecule has 0 aliphatic heterocycles. The molecule has 0 rings (SSSR count). The molecule has 0 aliphatic rings. The largest absolute Gasteiger partial charge is 0.382 e. The van der Waals surface area contributed by atoms with E-state index in [1.54, 1.807) is 0 Å². The molecule has 0 aliphatic carbocycles. The van der Waals surface area contributed by atoms with Crippen molar-refractivity contribution in [3.05, 3.63) is 0 Å². The molecule has 1 unspecified atom stereocenters. The third-order valence-corrected chi connectivity index (χ3v) is 1.80. The van der Waals surface area contributed by atoms with E-state index in [0.717, 1.165) is 13.0 Å². The van der Waals surface area contributed by atoms with E-state index in [2.05, 4.69) is 0 Å². The smallest absolute Gasteiger partial charge is 0.135 e. The first-order chi connectivity index (χ1) is 5.22. The summed E-state index contributed by atoms with van der Waals surface area (Å²) in [7, 11) is 0. The fraction of sp³-hybridized carbons (Fsp3) is 0.889. The third-order valence-electron chi connectivity index (χ3n) is 1.80. The van der Waals surface area contributed by atoms with Crippen LogP contribution in [-0.4, -0.2) is 19.0 Å². The fourth-order valence-electron chi connectivity index (χ4n) is 0.914. The minimum absolute atomic E-state index is 0.173. The highest BCUT2D eigenvalue weighted by Gasteiger charge is 2.09. The molecule has 0 spiro atoms. The fourth-order valence-corrected chi connectivity index (χ4v) is 0.914. The lowest BCUT2D eigenvalue weighted by Crippen LogP contribution is -2.12. The molecule has 0 fully saturated rings. The predicted octanol–water partition coefficient (Wildman–Crippen LogP) is 2.03. The number of carbonyl (C=O) groups is 1. The van der Waals surface area contributed by atoms with Gasteiger partial charge in [0.2, 0.25) is 0 Å². The van der Waals surface area contributed by atoms with Crippen LogP contribution >= 0.6 is 0 Å². The summed E-state index contributed by atoms with van der Waals surface area (Å²) >= 11 is 0. The van der Waals surface area contributed by atoms with Crippen molar-refractivity contribution >= 4 is 5.78 Å². The van der Waals surface area contributed by atoms with Crippen LogP contribution in [-0.2, 0) is 9.53 Å². The monoisotopic (exact) mass is 158 g/mol. The van der Waals surface area contributed by atoms with Gasteiger partial charge in [0.1, 0.15) is 5.78 Å². The lowest BCUT2D eigenvalue weighted by molar-refractivity contribution is -0.122. The number of ketones is 1. The molecule has 0 saturated heterocycles. The van der Waals surface area contributed by atoms with Crippen molar-refractivity contribution in [3.8, 4) is 0 Å². The van der Waals surface area contributed by atoms with E-state index in [-0.39, 0.29) is 5.92 Å². The maximum atomic E-state index is 11.1. The van der Waals surface area contributed by atoms with Crippen molar-refractivity contribution in [1.29, 1.82) is 0 Å². The van der Waals surface area contributed by atoms with E-state index in [9.17, 15) is 4.79 Å². The molecule has 0 amide bonds. The summed E-state index contributed by atoms with van der Waals surface area (Å²) in [5, 5.41) is 0. The van der Waals surface area contributed by atoms with Crippen molar-refractivity contribution in [2.45, 2.75) is 33.6 Å². The van der Waals surface area contributed by atoms with E-state index in [0.29, 0.717) is 18.8 Å². The SMILES string of the molecule is CCOCCC(C)C(=O)CC. The standard InChI is InChI=1S/C9H18O2/c1-4-9(10)8(3)6-7-11-5-2/h8H,4-7H2,1-3H3. The maximum Gasteiger partial charge on any atom is 0.135 e. The first-order valence-electron chi connectivity index (χ1n) is 4.32. The highest BCUT2D eigenvalue weighted by Crippen LogP contribution is 2.05. The molecule has 11 heavy (non-hydrogen) atoms. The van der Waals surface area contributed by atoms with Gasteiger partial charge in [0.25, 0.3) is 0 Å². The van der Waals surface area contributed by atoms with E-state index in [4.69, 9.17) is 4.74 Å². The molecule has 0 aromatic carbocycles. The molecule has 0 aromatic rings. The Balaban J connectivity index is 3.36. The van der Waals surface area contributed by atoms with Crippen LogP contribution in [0.25, 0.3) is 0 Å². The summed E-state index contributed by atoms with van der Waals surface area (Å²) in [5.74, 6) is 0.510. The molecule has 0 aromatic heterocycles. The average molecular weight is 158 g/mol. The van der Waals surface area contributed by atoms with Gasteiger partial charge in [-0.15, -0.1) is 0 Å². The second-order valence-electron chi connectivity index (χ2n) is 2.71. The van der Waals surface area contributed by atoms with Gasteiger partial charge in [0.15, 0.2) is 0 Å². The van der Waals surface area contributed by atoms with E-state index in [1.165, 1.54) is 0 Å². The van der Waals surface area contributed by atoms with Gasteiger partial charge in [-0.2, -0.15) is 0 Å². The van der Waals surface area contributed by atoms with Crippen LogP contribution < -0.4 is 0 Å². The molecule has 0 N–H and O–H groups in total. The van der Waals surface area contributed by atoms with Gasteiger partial charge >= 0.3 is 0 Å². The van der Waals surface area contributed by atoms with Crippen LogP contribution in [0.5, 0.6) is 0 Å². The molecule has 0 heterocycles. The first-order valence-corrected chi connectivity index (χ1v) is 4.32. The molecule has 2 nitrogen and oxygen atoms in total. The molecule has 0 saturated carbocycles. The minimum Gasteiger partial charge on any atom is -0.382 e. The first kappa shape index (κ1) is 10.6. The lowest BCUT2D eigenvalue weighted by Gasteiger charge is -2.07. The van der Waals surface area contributed by atoms with Gasteiger partial charge in [0.05, 0.1) is 0 Å². The zero-order valence-corrected chi connectivity index (χ0v) is 7.72. The molecule has 2 heteroatoms. The highest BCUT2D eigenvalue weighted by molar-refractivity contribution is 5.80. The Labute approximate surface area is 68.9 Å². The normalized spacial score (nSPS) is 13.0. The van der Waals surface area contributed by atoms with E-state index >= 15 is 0 Å². The topological polar surface area (TPSA) is 26.3 Å². The van der Waals surface area contributed by atoms with E-state index < -0.39 is 0 Å². The number of carbonyl (C=O) groups excluding carboxylic acids is 1. The molecular formula is C9H18O2. The number of rotatable bonds is 6. The Morgan fingerprint density at radius 3 is 2.55 bits per heavy atom. The van der Waals surface area contributed by atoms with Crippen molar-refractivity contribution < 1.29 is 9.53 Å². The van der Waals surface area contributed by atoms with E-state index in [1.807, 2.05) is 20.8 Å². The summed E-state index contributed by atoms with van der Waals surface area (Å²) < 4.78 is 5.15. The van der Waals surface area contributed by atoms with Crippen LogP contribution in [0.3, 0.4) is 0 Å². The van der Waals surface area contributed by atoms with Gasteiger partial charge in [-0.1, -0.05) is 13.8 Å². The quantitative estimate of drug-likeness (QED) is 0.553. The van der Waals surface area contributed by atoms with Crippen molar-refractivity contribution in [1.82, 2.24) is 0 Å². The molecule has 0 bridgehead atoms. The summed E-state index contributed by atoms with van der Waals surface area (Å²) in [6.07, 6.45) is 1.51. The Morgan fingerprint density at radius 2 is 2.09 bits per heavy atom. The lowest BCUT2D eigenvalue weighted by atomic mass is 10.0. The van der Waals surface area contributed by atoms with Crippen LogP contribution in [0.4, 0.5) is 0 Å². The Bertz CT molecular complexity index is 110. The zero-order chi connectivity index (χ0) is 8.69. The Kier molecular flexibility index (Phi) is 6.13. The maximum absolute atomic E-state index is 11.1. The highest BCUT2D eigenvalue weighted by atomic mass is 16.5. The summed E-state index contributed by atoms with van der Waals surface area (Å²) in [5.41, 5.74) is 0. The number of hydrogen-bond acceptors (Lipinski definition) is 2. The molecular weight excluding hydrogens is 140 g/mol. The summed E-state index contributed by atoms with van der Waals surface area (Å²) in [6.45, 7) is 7.28. The minimum atomic E-state index is 0.173. The predicted molar refractivity (Wildman–Crippen MR) is 45.6 cm³/mol. The zero-order valence-electron chi connectivity index (χ0n) is 7.72. The van der Waals surface area contributed by atoms with Crippen molar-refractivity contribution in [3.63, 3.8) is 0 Å². The number of Topliss-reactive ketones (excluding diaryl/α,β-unsaturated/α-hetero) is 1. The van der Waals surface area contributed by atoms with Gasteiger partial charge < -0.3 is 4.74 Å². The summed E-state index contributed by atoms with van der Waals surface area (Å²) in [4.78, 5) is 11.1. The second kappa shape index (κ2) is 6.35. The van der Waals surface area contributed by atoms with Crippen molar-refractivity contribution in [2.24, 2.45) is 5.92 Å². The second-order valence-corrected chi connectivity index (χ2v) is 2.71. The van der Waals surface area contributed by atoms with Gasteiger partial charge in [-0.25, -0.2) is 0 Å². The average Bonchev–Trinajstić information content (AvgIpc) is 2.03. The van der Waals surface area contributed by atoms with Crippen LogP contribution in [0.2, 0.25) is 0 Å². The van der Waals surface area contributed by atoms with Gasteiger partial charge in [0, 0.05) is 25.6 Å². The molecule has 1 atom stereocenters. The van der Waals surface area contributed by atoms with Crippen LogP contribution in [0.1, 0.15) is 33.6 Å². The van der Waals surface area contributed by atoms with Gasteiger partial charge in [-0.05, 0) is 13.3 Å². The van der Waals surface area contributed by atoms with Crippen LogP contribution in [0, 0.1) is 5.92 Å². The molecule has 66 valence electrons. The summed E-state index contributed by atoms with van der Waals surface area (Å²) in [6, 6.07) is 0. The number of hydrogen-bond donors (Lipinski definition) is 0. The van der Waals surface area contributed by atoms with Crippen molar-refractivity contribution in [2.75, 3.05) is 13.2 Å².